The highest BCUT2D eigenvalue weighted by atomic mass is 15.0. The van der Waals surface area contributed by atoms with Crippen LogP contribution in [-0.4, -0.2) is 15.9 Å². The van der Waals surface area contributed by atoms with Crippen molar-refractivity contribution < 1.29 is 0 Å². The zero-order valence-corrected chi connectivity index (χ0v) is 13.3. The minimum Gasteiger partial charge on any atom is -0.396 e. The minimum absolute atomic E-state index is 0.0443. The van der Waals surface area contributed by atoms with Gasteiger partial charge in [0.05, 0.1) is 16.9 Å². The third-order valence-corrected chi connectivity index (χ3v) is 3.69. The number of rotatable bonds is 3. The fourth-order valence-corrected chi connectivity index (χ4v) is 2.50. The van der Waals surface area contributed by atoms with E-state index in [0.717, 1.165) is 27.7 Å². The van der Waals surface area contributed by atoms with Crippen LogP contribution in [0.5, 0.6) is 0 Å². The second-order valence-electron chi connectivity index (χ2n) is 5.36. The number of hydrogen-bond donors (Lipinski definition) is 3. The lowest BCUT2D eigenvalue weighted by atomic mass is 10.0. The smallest absolute Gasteiger partial charge is 0.191 e. The van der Waals surface area contributed by atoms with Crippen LogP contribution in [0.1, 0.15) is 16.8 Å². The molecule has 0 saturated carbocycles. The highest BCUT2D eigenvalue weighted by Crippen LogP contribution is 2.26. The molecular formula is C18H18N6. The first kappa shape index (κ1) is 15.5. The summed E-state index contributed by atoms with van der Waals surface area (Å²) in [6, 6.07) is 15.3. The van der Waals surface area contributed by atoms with E-state index >= 15 is 0 Å². The fourth-order valence-electron chi connectivity index (χ4n) is 2.50. The maximum Gasteiger partial charge on any atom is 0.191 e. The van der Waals surface area contributed by atoms with E-state index in [1.807, 2.05) is 55.5 Å². The highest BCUT2D eigenvalue weighted by Gasteiger charge is 2.10. The van der Waals surface area contributed by atoms with Gasteiger partial charge in [-0.1, -0.05) is 36.4 Å². The van der Waals surface area contributed by atoms with Crippen molar-refractivity contribution in [2.45, 2.75) is 6.92 Å². The molecule has 6 heteroatoms. The first-order chi connectivity index (χ1) is 11.6. The van der Waals surface area contributed by atoms with Gasteiger partial charge in [-0.15, -0.1) is 0 Å². The fraction of sp³-hybridized carbons (Fsp3) is 0.0556. The number of aromatic nitrogens is 2. The van der Waals surface area contributed by atoms with Gasteiger partial charge in [0.25, 0.3) is 0 Å². The molecule has 1 aromatic heterocycles. The summed E-state index contributed by atoms with van der Waals surface area (Å²) in [5.74, 6) is -0.0443. The second kappa shape index (κ2) is 6.37. The standard InChI is InChI=1S/C18H18N6/c1-11-14-9-13(7-8-15(14)23-10-22-11)16(19)17(24-18(20)21)12-5-3-2-4-6-12/h2-10H,19H2,1H3,(H4,20,21,24)/b17-16-. The monoisotopic (exact) mass is 318 g/mol. The van der Waals surface area contributed by atoms with Crippen molar-refractivity contribution in [3.8, 4) is 0 Å². The van der Waals surface area contributed by atoms with Crippen LogP contribution in [0, 0.1) is 6.92 Å². The summed E-state index contributed by atoms with van der Waals surface area (Å²) >= 11 is 0. The van der Waals surface area contributed by atoms with Crippen LogP contribution in [0.25, 0.3) is 22.3 Å². The van der Waals surface area contributed by atoms with Gasteiger partial charge in [-0.3, -0.25) is 0 Å². The van der Waals surface area contributed by atoms with E-state index in [0.29, 0.717) is 11.4 Å². The van der Waals surface area contributed by atoms with Crippen molar-refractivity contribution in [3.63, 3.8) is 0 Å². The summed E-state index contributed by atoms with van der Waals surface area (Å²) in [7, 11) is 0. The molecule has 6 nitrogen and oxygen atoms in total. The average molecular weight is 318 g/mol. The molecule has 0 fully saturated rings. The van der Waals surface area contributed by atoms with Crippen molar-refractivity contribution in [2.24, 2.45) is 22.2 Å². The second-order valence-corrected chi connectivity index (χ2v) is 5.36. The maximum atomic E-state index is 6.38. The Hall–Kier alpha value is -3.41. The largest absolute Gasteiger partial charge is 0.396 e. The summed E-state index contributed by atoms with van der Waals surface area (Å²) in [6.07, 6.45) is 1.55. The van der Waals surface area contributed by atoms with E-state index in [4.69, 9.17) is 17.2 Å². The molecular weight excluding hydrogens is 300 g/mol. The van der Waals surface area contributed by atoms with Gasteiger partial charge in [0.15, 0.2) is 5.96 Å². The Morgan fingerprint density at radius 3 is 2.38 bits per heavy atom. The summed E-state index contributed by atoms with van der Waals surface area (Å²) < 4.78 is 0. The molecule has 24 heavy (non-hydrogen) atoms. The number of nitrogens with two attached hydrogens (primary N) is 3. The number of fused-ring (bicyclic) bond motifs is 1. The van der Waals surface area contributed by atoms with Crippen LogP contribution in [-0.2, 0) is 0 Å². The third kappa shape index (κ3) is 3.03. The van der Waals surface area contributed by atoms with Gasteiger partial charge in [-0.05, 0) is 19.1 Å². The molecule has 0 aliphatic heterocycles. The number of nitrogens with zero attached hydrogens (tertiary/aromatic N) is 3. The van der Waals surface area contributed by atoms with Crippen molar-refractivity contribution in [3.05, 3.63) is 71.7 Å². The normalized spacial score (nSPS) is 11.9. The molecule has 0 amide bonds. The van der Waals surface area contributed by atoms with Gasteiger partial charge in [0.1, 0.15) is 6.33 Å². The van der Waals surface area contributed by atoms with Crippen molar-refractivity contribution in [1.82, 2.24) is 9.97 Å². The molecule has 3 aromatic rings. The lowest BCUT2D eigenvalue weighted by molar-refractivity contribution is 1.15. The Kier molecular flexibility index (Phi) is 4.11. The Bertz CT molecular complexity index is 940. The van der Waals surface area contributed by atoms with E-state index in [2.05, 4.69) is 15.0 Å². The number of aryl methyl sites for hydroxylation is 1. The van der Waals surface area contributed by atoms with Gasteiger partial charge in [0.2, 0.25) is 0 Å². The molecule has 0 aliphatic rings. The van der Waals surface area contributed by atoms with Crippen LogP contribution < -0.4 is 17.2 Å². The minimum atomic E-state index is -0.0443. The van der Waals surface area contributed by atoms with Crippen molar-refractivity contribution in [2.75, 3.05) is 0 Å². The Morgan fingerprint density at radius 2 is 1.67 bits per heavy atom. The van der Waals surface area contributed by atoms with Crippen LogP contribution in [0.2, 0.25) is 0 Å². The number of aliphatic imine (C=N–C) groups is 1. The highest BCUT2D eigenvalue weighted by molar-refractivity contribution is 5.96. The first-order valence-electron chi connectivity index (χ1n) is 7.43. The quantitative estimate of drug-likeness (QED) is 0.388. The molecule has 0 atom stereocenters. The van der Waals surface area contributed by atoms with Crippen molar-refractivity contribution >= 4 is 28.3 Å². The van der Waals surface area contributed by atoms with E-state index in [1.165, 1.54) is 0 Å². The Balaban J connectivity index is 2.22. The predicted octanol–water partition coefficient (Wildman–Crippen LogP) is 2.00. The molecule has 2 aromatic carbocycles. The Morgan fingerprint density at radius 1 is 0.917 bits per heavy atom. The molecule has 0 saturated heterocycles. The molecule has 0 spiro atoms. The Labute approximate surface area is 139 Å². The lowest BCUT2D eigenvalue weighted by Gasteiger charge is -2.10. The summed E-state index contributed by atoms with van der Waals surface area (Å²) in [5.41, 5.74) is 22.0. The molecule has 0 unspecified atom stereocenters. The average Bonchev–Trinajstić information content (AvgIpc) is 2.60. The predicted molar refractivity (Wildman–Crippen MR) is 97.5 cm³/mol. The number of guanidine groups is 1. The van der Waals surface area contributed by atoms with Gasteiger partial charge in [0, 0.05) is 22.2 Å². The molecule has 0 radical (unpaired) electrons. The topological polar surface area (TPSA) is 116 Å². The molecule has 6 N–H and O–H groups in total. The zero-order valence-electron chi connectivity index (χ0n) is 13.3. The van der Waals surface area contributed by atoms with Crippen LogP contribution in [0.4, 0.5) is 0 Å². The van der Waals surface area contributed by atoms with Gasteiger partial charge in [-0.25, -0.2) is 15.0 Å². The number of hydrogen-bond acceptors (Lipinski definition) is 4. The van der Waals surface area contributed by atoms with Gasteiger partial charge < -0.3 is 17.2 Å². The molecule has 0 bridgehead atoms. The van der Waals surface area contributed by atoms with Crippen LogP contribution >= 0.6 is 0 Å². The molecule has 120 valence electrons. The van der Waals surface area contributed by atoms with E-state index < -0.39 is 0 Å². The van der Waals surface area contributed by atoms with Crippen molar-refractivity contribution in [1.29, 1.82) is 0 Å². The SMILES string of the molecule is Cc1ncnc2ccc(/C(N)=C(/N=C(N)N)c3ccccc3)cc12. The van der Waals surface area contributed by atoms with E-state index in [9.17, 15) is 0 Å². The van der Waals surface area contributed by atoms with E-state index in [-0.39, 0.29) is 5.96 Å². The summed E-state index contributed by atoms with van der Waals surface area (Å²) in [5, 5.41) is 0.940. The first-order valence-corrected chi connectivity index (χ1v) is 7.43. The molecule has 0 aliphatic carbocycles. The van der Waals surface area contributed by atoms with Gasteiger partial charge >= 0.3 is 0 Å². The molecule has 1 heterocycles. The third-order valence-electron chi connectivity index (χ3n) is 3.69. The van der Waals surface area contributed by atoms with Crippen LogP contribution in [0.3, 0.4) is 0 Å². The summed E-state index contributed by atoms with van der Waals surface area (Å²) in [4.78, 5) is 12.7. The number of benzene rings is 2. The van der Waals surface area contributed by atoms with Crippen LogP contribution in [0.15, 0.2) is 59.9 Å². The zero-order chi connectivity index (χ0) is 17.1. The maximum absolute atomic E-state index is 6.38. The lowest BCUT2D eigenvalue weighted by Crippen LogP contribution is -2.23. The van der Waals surface area contributed by atoms with Gasteiger partial charge in [-0.2, -0.15) is 0 Å². The molecule has 3 rings (SSSR count). The van der Waals surface area contributed by atoms with E-state index in [1.54, 1.807) is 6.33 Å². The summed E-state index contributed by atoms with van der Waals surface area (Å²) in [6.45, 7) is 1.93.